The molecular formula is C12H10N4O3S. The van der Waals surface area contributed by atoms with Crippen LogP contribution in [0.2, 0.25) is 0 Å². The molecule has 1 atom stereocenters. The van der Waals surface area contributed by atoms with Gasteiger partial charge in [-0.2, -0.15) is 5.10 Å². The smallest absolute Gasteiger partial charge is 0.258 e. The Labute approximate surface area is 116 Å². The van der Waals surface area contributed by atoms with Crippen LogP contribution in [0.4, 0.5) is 0 Å². The minimum Gasteiger partial charge on any atom is -0.481 e. The minimum absolute atomic E-state index is 0.295. The predicted molar refractivity (Wildman–Crippen MR) is 72.6 cm³/mol. The van der Waals surface area contributed by atoms with Crippen molar-refractivity contribution in [3.05, 3.63) is 36.8 Å². The molecule has 0 saturated heterocycles. The number of nitrogens with zero attached hydrogens (tertiary/aromatic N) is 3. The Bertz CT molecular complexity index is 738. The first-order chi connectivity index (χ1) is 9.69. The van der Waals surface area contributed by atoms with Crippen LogP contribution < -0.4 is 9.46 Å². The van der Waals surface area contributed by atoms with Crippen molar-refractivity contribution in [3.8, 4) is 17.0 Å². The van der Waals surface area contributed by atoms with Gasteiger partial charge in [-0.25, -0.2) is 13.9 Å². The number of carbonyl (C=O) groups is 1. The second-order valence-corrected chi connectivity index (χ2v) is 5.11. The lowest BCUT2D eigenvalue weighted by molar-refractivity contribution is -0.114. The van der Waals surface area contributed by atoms with E-state index in [1.54, 1.807) is 24.7 Å². The Kier molecular flexibility index (Phi) is 3.07. The number of methoxy groups -OCH3 is 1. The third kappa shape index (κ3) is 2.10. The first-order valence-corrected chi connectivity index (χ1v) is 6.82. The number of amides is 1. The van der Waals surface area contributed by atoms with Crippen LogP contribution in [0.5, 0.6) is 5.88 Å². The highest BCUT2D eigenvalue weighted by molar-refractivity contribution is 7.93. The molecule has 20 heavy (non-hydrogen) atoms. The first kappa shape index (κ1) is 12.5. The highest BCUT2D eigenvalue weighted by Gasteiger charge is 2.22. The van der Waals surface area contributed by atoms with Crippen molar-refractivity contribution < 1.29 is 13.7 Å². The topological polar surface area (TPSA) is 86.1 Å². The van der Waals surface area contributed by atoms with Gasteiger partial charge in [0.1, 0.15) is 0 Å². The molecule has 0 aliphatic carbocycles. The summed E-state index contributed by atoms with van der Waals surface area (Å²) in [6.07, 6.45) is 6.15. The van der Waals surface area contributed by atoms with E-state index in [0.29, 0.717) is 10.9 Å². The fourth-order valence-corrected chi connectivity index (χ4v) is 2.68. The van der Waals surface area contributed by atoms with E-state index in [4.69, 9.17) is 4.74 Å². The molecule has 7 nitrogen and oxygen atoms in total. The molecular weight excluding hydrogens is 280 g/mol. The lowest BCUT2D eigenvalue weighted by atomic mass is 10.1. The molecule has 1 N–H and O–H groups in total. The average Bonchev–Trinajstić information content (AvgIpc) is 3.05. The summed E-state index contributed by atoms with van der Waals surface area (Å²) in [5.74, 6) is 0.0807. The van der Waals surface area contributed by atoms with Gasteiger partial charge in [-0.3, -0.25) is 9.52 Å². The van der Waals surface area contributed by atoms with Crippen molar-refractivity contribution in [3.63, 3.8) is 0 Å². The maximum Gasteiger partial charge on any atom is 0.258 e. The van der Waals surface area contributed by atoms with Gasteiger partial charge in [0.25, 0.3) is 5.91 Å². The van der Waals surface area contributed by atoms with Crippen LogP contribution in [0.25, 0.3) is 16.2 Å². The monoisotopic (exact) mass is 290 g/mol. The van der Waals surface area contributed by atoms with Crippen LogP contribution in [-0.2, 0) is 15.8 Å². The first-order valence-electron chi connectivity index (χ1n) is 5.67. The maximum absolute atomic E-state index is 11.7. The molecule has 2 aromatic heterocycles. The fraction of sp³-hybridized carbons (Fsp3) is 0.0833. The summed E-state index contributed by atoms with van der Waals surface area (Å²) in [7, 11) is -0.0416. The standard InChI is InChI=1S/C12H10N4O3S/c1-19-12-9(3-2-4-13-12)8-6-14-16(7-8)11-5-10(17)15-20(11)18/h2-7H,1H3,(H,15,17). The average molecular weight is 290 g/mol. The molecule has 0 saturated carbocycles. The Morgan fingerprint density at radius 1 is 1.45 bits per heavy atom. The van der Waals surface area contributed by atoms with Crippen LogP contribution in [-0.4, -0.2) is 32.0 Å². The summed E-state index contributed by atoms with van der Waals surface area (Å²) in [6, 6.07) is 3.63. The van der Waals surface area contributed by atoms with Crippen molar-refractivity contribution in [2.45, 2.75) is 0 Å². The van der Waals surface area contributed by atoms with Crippen molar-refractivity contribution >= 4 is 21.9 Å². The second-order valence-electron chi connectivity index (χ2n) is 3.95. The zero-order valence-corrected chi connectivity index (χ0v) is 11.3. The quantitative estimate of drug-likeness (QED) is 0.892. The third-order valence-corrected chi connectivity index (χ3v) is 3.79. The minimum atomic E-state index is -1.58. The lowest BCUT2D eigenvalue weighted by Crippen LogP contribution is -2.17. The molecule has 3 rings (SSSR count). The van der Waals surface area contributed by atoms with E-state index in [0.717, 1.165) is 11.1 Å². The van der Waals surface area contributed by atoms with E-state index in [1.807, 2.05) is 6.07 Å². The predicted octanol–water partition coefficient (Wildman–Crippen LogP) is 0.546. The zero-order chi connectivity index (χ0) is 14.1. The lowest BCUT2D eigenvalue weighted by Gasteiger charge is -2.04. The Morgan fingerprint density at radius 2 is 2.30 bits per heavy atom. The molecule has 0 radical (unpaired) electrons. The summed E-state index contributed by atoms with van der Waals surface area (Å²) in [4.78, 5) is 15.3. The van der Waals surface area contributed by atoms with E-state index in [9.17, 15) is 9.00 Å². The number of hydrogen-bond donors (Lipinski definition) is 1. The Morgan fingerprint density at radius 3 is 3.00 bits per heavy atom. The van der Waals surface area contributed by atoms with Gasteiger partial charge in [0.05, 0.1) is 13.3 Å². The summed E-state index contributed by atoms with van der Waals surface area (Å²) in [6.45, 7) is 0. The van der Waals surface area contributed by atoms with Gasteiger partial charge < -0.3 is 4.74 Å². The number of hydrogen-bond acceptors (Lipinski definition) is 5. The fourth-order valence-electron chi connectivity index (χ4n) is 1.85. The second kappa shape index (κ2) is 4.89. The van der Waals surface area contributed by atoms with Crippen LogP contribution in [0.15, 0.2) is 36.8 Å². The van der Waals surface area contributed by atoms with Gasteiger partial charge in [-0.15, -0.1) is 0 Å². The summed E-state index contributed by atoms with van der Waals surface area (Å²) in [5.41, 5.74) is 1.53. The van der Waals surface area contributed by atoms with Gasteiger partial charge in [0.15, 0.2) is 16.0 Å². The maximum atomic E-state index is 11.7. The summed E-state index contributed by atoms with van der Waals surface area (Å²) >= 11 is 0. The molecule has 102 valence electrons. The molecule has 1 amide bonds. The molecule has 1 aliphatic heterocycles. The van der Waals surface area contributed by atoms with Gasteiger partial charge in [0, 0.05) is 29.6 Å². The van der Waals surface area contributed by atoms with Crippen molar-refractivity contribution in [2.24, 2.45) is 0 Å². The van der Waals surface area contributed by atoms with E-state index >= 15 is 0 Å². The van der Waals surface area contributed by atoms with Crippen LogP contribution in [0.1, 0.15) is 0 Å². The SMILES string of the molecule is COc1ncccc1-c1cnn(C2=CC(=O)NS2=O)c1. The Balaban J connectivity index is 2.01. The molecule has 0 fully saturated rings. The summed E-state index contributed by atoms with van der Waals surface area (Å²) < 4.78 is 20.5. The molecule has 1 unspecified atom stereocenters. The molecule has 0 spiro atoms. The van der Waals surface area contributed by atoms with Crippen LogP contribution >= 0.6 is 0 Å². The number of nitrogens with one attached hydrogen (secondary N) is 1. The van der Waals surface area contributed by atoms with Crippen molar-refractivity contribution in [2.75, 3.05) is 7.11 Å². The van der Waals surface area contributed by atoms with E-state index in [1.165, 1.54) is 17.9 Å². The van der Waals surface area contributed by atoms with Gasteiger partial charge >= 0.3 is 0 Å². The number of carbonyl (C=O) groups excluding carboxylic acids is 1. The normalized spacial score (nSPS) is 17.8. The molecule has 2 aromatic rings. The highest BCUT2D eigenvalue weighted by atomic mass is 32.2. The van der Waals surface area contributed by atoms with Crippen LogP contribution in [0.3, 0.4) is 0 Å². The molecule has 8 heteroatoms. The largest absolute Gasteiger partial charge is 0.481 e. The zero-order valence-electron chi connectivity index (χ0n) is 10.4. The highest BCUT2D eigenvalue weighted by Crippen LogP contribution is 2.28. The van der Waals surface area contributed by atoms with E-state index < -0.39 is 16.9 Å². The van der Waals surface area contributed by atoms with Gasteiger partial charge in [-0.1, -0.05) is 0 Å². The number of rotatable bonds is 3. The molecule has 3 heterocycles. The molecule has 1 aliphatic rings. The van der Waals surface area contributed by atoms with Gasteiger partial charge in [0.2, 0.25) is 5.88 Å². The molecule has 0 bridgehead atoms. The van der Waals surface area contributed by atoms with Crippen molar-refractivity contribution in [1.29, 1.82) is 0 Å². The summed E-state index contributed by atoms with van der Waals surface area (Å²) in [5, 5.41) is 4.41. The number of ether oxygens (including phenoxy) is 1. The van der Waals surface area contributed by atoms with Gasteiger partial charge in [-0.05, 0) is 12.1 Å². The van der Waals surface area contributed by atoms with Crippen molar-refractivity contribution in [1.82, 2.24) is 19.5 Å². The van der Waals surface area contributed by atoms with Crippen LogP contribution in [0, 0.1) is 0 Å². The van der Waals surface area contributed by atoms with E-state index in [2.05, 4.69) is 14.8 Å². The van der Waals surface area contributed by atoms with E-state index in [-0.39, 0.29) is 0 Å². The number of pyridine rings is 1. The third-order valence-electron chi connectivity index (χ3n) is 2.72. The number of aromatic nitrogens is 3. The Hall–Kier alpha value is -2.48. The molecule has 0 aromatic carbocycles.